The molecule has 0 radical (unpaired) electrons. The topological polar surface area (TPSA) is 116 Å². The first kappa shape index (κ1) is 20.8. The molecule has 0 heterocycles. The summed E-state index contributed by atoms with van der Waals surface area (Å²) in [6, 6.07) is 10.8. The molecule has 1 unspecified atom stereocenters. The summed E-state index contributed by atoms with van der Waals surface area (Å²) in [5, 5.41) is 8.85. The number of rotatable bonds is 8. The minimum Gasteiger partial charge on any atom is -0.479 e. The molecule has 0 spiro atoms. The summed E-state index contributed by atoms with van der Waals surface area (Å²) in [6.07, 6.45) is 0. The van der Waals surface area contributed by atoms with Crippen LogP contribution in [0.15, 0.2) is 53.4 Å². The number of carbonyl (C=O) groups excluding carboxylic acids is 1. The molecule has 0 bridgehead atoms. The van der Waals surface area contributed by atoms with Gasteiger partial charge in [0.15, 0.2) is 18.1 Å². The Hall–Kier alpha value is -2.49. The van der Waals surface area contributed by atoms with Crippen LogP contribution in [0.3, 0.4) is 0 Å². The Morgan fingerprint density at radius 2 is 1.74 bits per heavy atom. The molecule has 0 aliphatic carbocycles. The third-order valence-corrected chi connectivity index (χ3v) is 5.28. The van der Waals surface area contributed by atoms with E-state index in [9.17, 15) is 18.0 Å². The fourth-order valence-corrected chi connectivity index (χ4v) is 3.57. The highest BCUT2D eigenvalue weighted by molar-refractivity contribution is 7.92. The highest BCUT2D eigenvalue weighted by Crippen LogP contribution is 2.33. The van der Waals surface area contributed by atoms with Gasteiger partial charge in [-0.05, 0) is 24.3 Å². The van der Waals surface area contributed by atoms with Gasteiger partial charge in [-0.15, -0.1) is 0 Å². The maximum absolute atomic E-state index is 12.7. The van der Waals surface area contributed by atoms with E-state index in [1.54, 1.807) is 6.07 Å². The summed E-state index contributed by atoms with van der Waals surface area (Å²) >= 11 is 10.9. The number of halogens is 2. The van der Waals surface area contributed by atoms with Crippen LogP contribution in [0.25, 0.3) is 0 Å². The van der Waals surface area contributed by atoms with Gasteiger partial charge in [-0.25, -0.2) is 18.0 Å². The molecular weight excluding hydrogens is 423 g/mol. The van der Waals surface area contributed by atoms with Crippen LogP contribution < -0.4 is 9.47 Å². The van der Waals surface area contributed by atoms with Crippen LogP contribution in [0, 0.1) is 0 Å². The quantitative estimate of drug-likeness (QED) is 0.673. The van der Waals surface area contributed by atoms with Gasteiger partial charge in [-0.3, -0.25) is 0 Å². The smallest absolute Gasteiger partial charge is 0.381 e. The highest BCUT2D eigenvalue weighted by Gasteiger charge is 2.38. The molecule has 1 atom stereocenters. The fourth-order valence-electron chi connectivity index (χ4n) is 1.96. The van der Waals surface area contributed by atoms with Crippen molar-refractivity contribution < 1.29 is 36.9 Å². The Kier molecular flexibility index (Phi) is 6.89. The number of carboxylic acid groups (broad SMARTS) is 1. The van der Waals surface area contributed by atoms with E-state index < -0.39 is 33.8 Å². The van der Waals surface area contributed by atoms with Crippen molar-refractivity contribution in [1.29, 1.82) is 0 Å². The molecule has 0 aromatic heterocycles. The molecule has 11 heteroatoms. The average molecular weight is 435 g/mol. The van der Waals surface area contributed by atoms with Crippen LogP contribution in [0.4, 0.5) is 0 Å². The maximum atomic E-state index is 12.7. The SMILES string of the molecule is O=C(O)COc1ccc(Cl)cc1OC(C(=O)OCl)S(=O)(=O)c1ccccc1. The summed E-state index contributed by atoms with van der Waals surface area (Å²) in [7, 11) is -4.37. The van der Waals surface area contributed by atoms with E-state index in [1.807, 2.05) is 0 Å². The minimum absolute atomic E-state index is 0.128. The number of carbonyl (C=O) groups is 2. The van der Waals surface area contributed by atoms with Crippen LogP contribution >= 0.6 is 23.5 Å². The van der Waals surface area contributed by atoms with Crippen molar-refractivity contribution in [2.24, 2.45) is 0 Å². The Bertz CT molecular complexity index is 931. The molecule has 27 heavy (non-hydrogen) atoms. The van der Waals surface area contributed by atoms with E-state index in [-0.39, 0.29) is 21.4 Å². The summed E-state index contributed by atoms with van der Waals surface area (Å²) in [4.78, 5) is 22.4. The lowest BCUT2D eigenvalue weighted by atomic mass is 10.3. The van der Waals surface area contributed by atoms with E-state index in [0.29, 0.717) is 0 Å². The summed E-state index contributed by atoms with van der Waals surface area (Å²) in [5.41, 5.74) is -2.18. The fraction of sp³-hybridized carbons (Fsp3) is 0.125. The van der Waals surface area contributed by atoms with Crippen molar-refractivity contribution in [3.05, 3.63) is 53.6 Å². The van der Waals surface area contributed by atoms with Crippen LogP contribution in [0.1, 0.15) is 0 Å². The third kappa shape index (κ3) is 5.25. The van der Waals surface area contributed by atoms with E-state index in [2.05, 4.69) is 4.29 Å². The Morgan fingerprint density at radius 1 is 1.07 bits per heavy atom. The lowest BCUT2D eigenvalue weighted by Crippen LogP contribution is -2.36. The number of benzene rings is 2. The van der Waals surface area contributed by atoms with Crippen LogP contribution in [0.2, 0.25) is 5.02 Å². The molecule has 8 nitrogen and oxygen atoms in total. The molecule has 0 fully saturated rings. The van der Waals surface area contributed by atoms with E-state index in [0.717, 1.165) is 6.07 Å². The molecule has 0 saturated carbocycles. The lowest BCUT2D eigenvalue weighted by molar-refractivity contribution is -0.140. The number of carboxylic acids is 1. The maximum Gasteiger partial charge on any atom is 0.381 e. The van der Waals surface area contributed by atoms with Crippen LogP contribution in [-0.4, -0.2) is 37.5 Å². The van der Waals surface area contributed by atoms with Gasteiger partial charge in [0.1, 0.15) is 11.9 Å². The van der Waals surface area contributed by atoms with Gasteiger partial charge in [0, 0.05) is 11.1 Å². The minimum atomic E-state index is -4.37. The molecule has 2 rings (SSSR count). The Morgan fingerprint density at radius 3 is 2.33 bits per heavy atom. The standard InChI is InChI=1S/C16H12Cl2O8S/c17-10-6-7-12(24-9-14(19)20)13(8-10)25-16(15(21)26-18)27(22,23)11-4-2-1-3-5-11/h1-8,16H,9H2,(H,19,20). The number of hydrogen-bond acceptors (Lipinski definition) is 7. The molecule has 0 amide bonds. The van der Waals surface area contributed by atoms with Gasteiger partial charge in [0.2, 0.25) is 9.84 Å². The number of ether oxygens (including phenoxy) is 2. The first-order chi connectivity index (χ1) is 12.8. The van der Waals surface area contributed by atoms with Crippen molar-refractivity contribution in [1.82, 2.24) is 0 Å². The second-order valence-electron chi connectivity index (χ2n) is 4.98. The number of sulfone groups is 1. The van der Waals surface area contributed by atoms with Gasteiger partial charge in [-0.1, -0.05) is 29.8 Å². The second kappa shape index (κ2) is 8.94. The van der Waals surface area contributed by atoms with Crippen molar-refractivity contribution in [2.75, 3.05) is 6.61 Å². The van der Waals surface area contributed by atoms with Gasteiger partial charge >= 0.3 is 17.4 Å². The van der Waals surface area contributed by atoms with Crippen molar-refractivity contribution >= 4 is 45.2 Å². The van der Waals surface area contributed by atoms with Crippen LogP contribution in [-0.2, 0) is 23.7 Å². The summed E-state index contributed by atoms with van der Waals surface area (Å²) < 4.78 is 39.8. The monoisotopic (exact) mass is 434 g/mol. The Balaban J connectivity index is 2.44. The largest absolute Gasteiger partial charge is 0.479 e. The summed E-state index contributed by atoms with van der Waals surface area (Å²) in [6.45, 7) is -0.728. The van der Waals surface area contributed by atoms with Crippen molar-refractivity contribution in [3.63, 3.8) is 0 Å². The zero-order valence-corrected chi connectivity index (χ0v) is 15.7. The third-order valence-electron chi connectivity index (χ3n) is 3.11. The molecule has 0 aliphatic rings. The van der Waals surface area contributed by atoms with Gasteiger partial charge in [-0.2, -0.15) is 0 Å². The predicted molar refractivity (Wildman–Crippen MR) is 94.6 cm³/mol. The summed E-state index contributed by atoms with van der Waals surface area (Å²) in [5.74, 6) is -3.10. The zero-order chi connectivity index (χ0) is 20.0. The molecular formula is C16H12Cl2O8S. The first-order valence-corrected chi connectivity index (χ1v) is 9.41. The number of aliphatic carboxylic acids is 1. The molecule has 0 saturated heterocycles. The molecule has 144 valence electrons. The molecule has 2 aromatic rings. The predicted octanol–water partition coefficient (Wildman–Crippen LogP) is 2.68. The molecule has 2 aromatic carbocycles. The van der Waals surface area contributed by atoms with Crippen molar-refractivity contribution in [3.8, 4) is 11.5 Å². The first-order valence-electron chi connectivity index (χ1n) is 7.18. The van der Waals surface area contributed by atoms with E-state index in [4.69, 9.17) is 38.0 Å². The molecule has 1 N–H and O–H groups in total. The number of hydrogen-bond donors (Lipinski definition) is 1. The van der Waals surface area contributed by atoms with Gasteiger partial charge < -0.3 is 18.9 Å². The van der Waals surface area contributed by atoms with E-state index in [1.165, 1.54) is 36.4 Å². The normalized spacial score (nSPS) is 12.1. The Labute approximate surface area is 164 Å². The molecule has 0 aliphatic heterocycles. The highest BCUT2D eigenvalue weighted by atomic mass is 35.5. The van der Waals surface area contributed by atoms with Crippen LogP contribution in [0.5, 0.6) is 11.5 Å². The average Bonchev–Trinajstić information content (AvgIpc) is 2.65. The lowest BCUT2D eigenvalue weighted by Gasteiger charge is -2.18. The second-order valence-corrected chi connectivity index (χ2v) is 7.56. The van der Waals surface area contributed by atoms with Crippen molar-refractivity contribution in [2.45, 2.75) is 10.3 Å². The zero-order valence-electron chi connectivity index (χ0n) is 13.4. The van der Waals surface area contributed by atoms with Gasteiger partial charge in [0.25, 0.3) is 0 Å². The van der Waals surface area contributed by atoms with Gasteiger partial charge in [0.05, 0.1) is 4.90 Å². The van der Waals surface area contributed by atoms with E-state index >= 15 is 0 Å².